The monoisotopic (exact) mass is 356 g/mol. The van der Waals surface area contributed by atoms with Crippen molar-refractivity contribution in [2.24, 2.45) is 5.73 Å². The Kier molecular flexibility index (Phi) is 5.95. The molecule has 0 bridgehead atoms. The number of ether oxygens (including phenoxy) is 1. The largest absolute Gasteiger partial charge is 0.489 e. The molecule has 0 fully saturated rings. The summed E-state index contributed by atoms with van der Waals surface area (Å²) in [5.41, 5.74) is 7.10. The van der Waals surface area contributed by atoms with E-state index in [0.717, 1.165) is 11.8 Å². The van der Waals surface area contributed by atoms with Crippen LogP contribution in [0.25, 0.3) is 0 Å². The molecule has 2 N–H and O–H groups in total. The van der Waals surface area contributed by atoms with Crippen LogP contribution >= 0.6 is 0 Å². The minimum absolute atomic E-state index is 0.0489. The second-order valence-corrected chi connectivity index (χ2v) is 8.01. The third-order valence-corrected chi connectivity index (χ3v) is 4.74. The molecule has 1 aromatic carbocycles. The first kappa shape index (κ1) is 18.4. The van der Waals surface area contributed by atoms with E-state index in [-0.39, 0.29) is 31.4 Å². The summed E-state index contributed by atoms with van der Waals surface area (Å²) in [6.45, 7) is 0.787. The molecule has 0 atom stereocenters. The number of nitrogens with two attached hydrogens (primary N) is 1. The van der Waals surface area contributed by atoms with Crippen molar-refractivity contribution in [1.82, 2.24) is 4.90 Å². The first-order valence-corrected chi connectivity index (χ1v) is 9.61. The minimum Gasteiger partial charge on any atom is -0.489 e. The van der Waals surface area contributed by atoms with Gasteiger partial charge in [-0.15, -0.1) is 0 Å². The highest BCUT2D eigenvalue weighted by Crippen LogP contribution is 2.24. The molecular weight excluding hydrogens is 335 g/mol. The number of carbonyl (C=O) groups excluding carboxylic acids is 1. The lowest BCUT2D eigenvalue weighted by Crippen LogP contribution is -2.40. The van der Waals surface area contributed by atoms with E-state index in [9.17, 15) is 17.6 Å². The van der Waals surface area contributed by atoms with Crippen LogP contribution in [-0.4, -0.2) is 57.5 Å². The van der Waals surface area contributed by atoms with E-state index >= 15 is 0 Å². The SMILES string of the molecule is CS(=O)(=O)CCN1CCc2cc(OC/C(=C\F)CN)ccc2C1=O. The van der Waals surface area contributed by atoms with E-state index < -0.39 is 9.84 Å². The Morgan fingerprint density at radius 1 is 1.46 bits per heavy atom. The number of nitrogens with zero attached hydrogens (tertiary/aromatic N) is 1. The summed E-state index contributed by atoms with van der Waals surface area (Å²) in [7, 11) is -3.11. The van der Waals surface area contributed by atoms with Crippen molar-refractivity contribution in [3.63, 3.8) is 0 Å². The van der Waals surface area contributed by atoms with Gasteiger partial charge >= 0.3 is 0 Å². The van der Waals surface area contributed by atoms with Crippen LogP contribution in [0.5, 0.6) is 5.75 Å². The lowest BCUT2D eigenvalue weighted by molar-refractivity contribution is 0.0750. The van der Waals surface area contributed by atoms with Gasteiger partial charge in [0.1, 0.15) is 22.2 Å². The molecule has 0 radical (unpaired) electrons. The lowest BCUT2D eigenvalue weighted by Gasteiger charge is -2.28. The van der Waals surface area contributed by atoms with Crippen LogP contribution in [0.3, 0.4) is 0 Å². The standard InChI is InChI=1S/C16H21FN2O4S/c1-24(21,22)7-6-19-5-4-13-8-14(2-3-15(13)16(19)20)23-11-12(9-17)10-18/h2-3,8-9H,4-7,10-11,18H2,1H3/b12-9-. The van der Waals surface area contributed by atoms with Crippen molar-refractivity contribution >= 4 is 15.7 Å². The van der Waals surface area contributed by atoms with Gasteiger partial charge in [0, 0.05) is 37.0 Å². The number of fused-ring (bicyclic) bond motifs is 1. The molecule has 0 unspecified atom stereocenters. The van der Waals surface area contributed by atoms with Crippen molar-refractivity contribution < 1.29 is 22.3 Å². The van der Waals surface area contributed by atoms with Gasteiger partial charge in [-0.05, 0) is 30.2 Å². The predicted octanol–water partition coefficient (Wildman–Crippen LogP) is 0.920. The maximum absolute atomic E-state index is 12.5. The van der Waals surface area contributed by atoms with Gasteiger partial charge in [-0.2, -0.15) is 0 Å². The zero-order valence-corrected chi connectivity index (χ0v) is 14.3. The first-order valence-electron chi connectivity index (χ1n) is 7.55. The van der Waals surface area contributed by atoms with Crippen molar-refractivity contribution in [2.75, 3.05) is 38.2 Å². The summed E-state index contributed by atoms with van der Waals surface area (Å²) < 4.78 is 40.5. The Balaban J connectivity index is 2.06. The molecule has 1 aromatic rings. The number of sulfone groups is 1. The van der Waals surface area contributed by atoms with Crippen molar-refractivity contribution in [1.29, 1.82) is 0 Å². The van der Waals surface area contributed by atoms with Gasteiger partial charge in [0.2, 0.25) is 0 Å². The molecule has 8 heteroatoms. The molecule has 1 heterocycles. The normalized spacial score (nSPS) is 15.4. The summed E-state index contributed by atoms with van der Waals surface area (Å²) in [5.74, 6) is 0.309. The van der Waals surface area contributed by atoms with Crippen LogP contribution in [0.1, 0.15) is 15.9 Å². The van der Waals surface area contributed by atoms with Crippen LogP contribution in [0.15, 0.2) is 30.1 Å². The Hall–Kier alpha value is -1.93. The number of hydrogen-bond acceptors (Lipinski definition) is 5. The Labute approximate surface area is 141 Å². The van der Waals surface area contributed by atoms with Crippen LogP contribution in [0, 0.1) is 0 Å². The third kappa shape index (κ3) is 4.78. The Morgan fingerprint density at radius 2 is 2.21 bits per heavy atom. The van der Waals surface area contributed by atoms with E-state index in [2.05, 4.69) is 0 Å². The fourth-order valence-corrected chi connectivity index (χ4v) is 2.96. The molecule has 0 saturated carbocycles. The molecule has 0 spiro atoms. The maximum atomic E-state index is 12.5. The number of carbonyl (C=O) groups is 1. The Morgan fingerprint density at radius 3 is 2.83 bits per heavy atom. The average molecular weight is 356 g/mol. The van der Waals surface area contributed by atoms with Gasteiger partial charge in [-0.1, -0.05) is 0 Å². The number of amides is 1. The Bertz CT molecular complexity index is 746. The van der Waals surface area contributed by atoms with E-state index in [0.29, 0.717) is 36.2 Å². The quantitative estimate of drug-likeness (QED) is 0.785. The summed E-state index contributed by atoms with van der Waals surface area (Å²) in [6.07, 6.45) is 2.20. The fraction of sp³-hybridized carbons (Fsp3) is 0.438. The van der Waals surface area contributed by atoms with Crippen molar-refractivity contribution in [3.8, 4) is 5.75 Å². The lowest BCUT2D eigenvalue weighted by atomic mass is 9.99. The number of hydrogen-bond donors (Lipinski definition) is 1. The third-order valence-electron chi connectivity index (χ3n) is 3.82. The van der Waals surface area contributed by atoms with E-state index in [1.54, 1.807) is 23.1 Å². The van der Waals surface area contributed by atoms with E-state index in [4.69, 9.17) is 10.5 Å². The molecule has 0 saturated heterocycles. The first-order chi connectivity index (χ1) is 11.3. The van der Waals surface area contributed by atoms with Crippen molar-refractivity contribution in [3.05, 3.63) is 41.2 Å². The topological polar surface area (TPSA) is 89.7 Å². The van der Waals surface area contributed by atoms with Crippen LogP contribution in [0.4, 0.5) is 4.39 Å². The molecule has 1 amide bonds. The highest BCUT2D eigenvalue weighted by atomic mass is 32.2. The predicted molar refractivity (Wildman–Crippen MR) is 89.5 cm³/mol. The van der Waals surface area contributed by atoms with Gasteiger partial charge < -0.3 is 15.4 Å². The van der Waals surface area contributed by atoms with Gasteiger partial charge in [-0.25, -0.2) is 12.8 Å². The summed E-state index contributed by atoms with van der Waals surface area (Å²) in [5, 5.41) is 0. The molecule has 6 nitrogen and oxygen atoms in total. The van der Waals surface area contributed by atoms with Crippen LogP contribution in [-0.2, 0) is 16.3 Å². The molecule has 24 heavy (non-hydrogen) atoms. The van der Waals surface area contributed by atoms with Gasteiger partial charge in [0.15, 0.2) is 0 Å². The molecule has 1 aliphatic heterocycles. The fourth-order valence-electron chi connectivity index (χ4n) is 2.40. The zero-order valence-electron chi connectivity index (χ0n) is 13.5. The second-order valence-electron chi connectivity index (χ2n) is 5.75. The average Bonchev–Trinajstić information content (AvgIpc) is 2.54. The smallest absolute Gasteiger partial charge is 0.254 e. The second kappa shape index (κ2) is 7.76. The molecule has 0 aromatic heterocycles. The minimum atomic E-state index is -3.11. The number of rotatable bonds is 7. The van der Waals surface area contributed by atoms with Crippen LogP contribution < -0.4 is 10.5 Å². The van der Waals surface area contributed by atoms with Gasteiger partial charge in [0.05, 0.1) is 12.1 Å². The van der Waals surface area contributed by atoms with Gasteiger partial charge in [0.25, 0.3) is 5.91 Å². The summed E-state index contributed by atoms with van der Waals surface area (Å²) in [6, 6.07) is 5.05. The number of benzene rings is 1. The summed E-state index contributed by atoms with van der Waals surface area (Å²) >= 11 is 0. The molecular formula is C16H21FN2O4S. The number of halogens is 1. The molecule has 1 aliphatic rings. The van der Waals surface area contributed by atoms with Gasteiger partial charge in [-0.3, -0.25) is 4.79 Å². The zero-order chi connectivity index (χ0) is 17.7. The van der Waals surface area contributed by atoms with E-state index in [1.807, 2.05) is 0 Å². The van der Waals surface area contributed by atoms with Crippen LogP contribution in [0.2, 0.25) is 0 Å². The highest BCUT2D eigenvalue weighted by Gasteiger charge is 2.25. The van der Waals surface area contributed by atoms with E-state index in [1.165, 1.54) is 0 Å². The highest BCUT2D eigenvalue weighted by molar-refractivity contribution is 7.90. The molecule has 2 rings (SSSR count). The van der Waals surface area contributed by atoms with Crippen molar-refractivity contribution in [2.45, 2.75) is 6.42 Å². The molecule has 132 valence electrons. The maximum Gasteiger partial charge on any atom is 0.254 e. The summed E-state index contributed by atoms with van der Waals surface area (Å²) in [4.78, 5) is 14.0. The molecule has 0 aliphatic carbocycles.